The van der Waals surface area contributed by atoms with E-state index in [9.17, 15) is 25.2 Å². The lowest BCUT2D eigenvalue weighted by atomic mass is 9.99. The lowest BCUT2D eigenvalue weighted by Gasteiger charge is -2.27. The molecule has 0 fully saturated rings. The minimum Gasteiger partial charge on any atom is -0.394 e. The molecule has 6 heteroatoms. The number of allylic oxidation sites excluding steroid dienone is 2. The quantitative estimate of drug-likeness (QED) is 0.0311. The number of unbranched alkanes of at least 4 members (excludes halogenated alkanes) is 36. The van der Waals surface area contributed by atoms with Crippen molar-refractivity contribution in [2.45, 2.75) is 301 Å². The number of nitrogens with one attached hydrogen (secondary N) is 1. The van der Waals surface area contributed by atoms with E-state index in [1.165, 1.54) is 199 Å². The van der Waals surface area contributed by atoms with Crippen LogP contribution >= 0.6 is 0 Å². The van der Waals surface area contributed by atoms with E-state index >= 15 is 0 Å². The van der Waals surface area contributed by atoms with E-state index in [0.717, 1.165) is 51.4 Å². The summed E-state index contributed by atoms with van der Waals surface area (Å²) in [5.74, 6) is -0.589. The Morgan fingerprint density at radius 3 is 1.02 bits per heavy atom. The van der Waals surface area contributed by atoms with Crippen LogP contribution < -0.4 is 5.32 Å². The highest BCUT2D eigenvalue weighted by Gasteiger charge is 2.28. The van der Waals surface area contributed by atoms with Crippen LogP contribution in [0.2, 0.25) is 0 Å². The molecule has 4 atom stereocenters. The molecule has 5 N–H and O–H groups in total. The molecule has 57 heavy (non-hydrogen) atoms. The Kier molecular flexibility index (Phi) is 45.4. The van der Waals surface area contributed by atoms with Crippen molar-refractivity contribution in [3.63, 3.8) is 0 Å². The monoisotopic (exact) mass is 808 g/mol. The number of rotatable bonds is 47. The number of hydrogen-bond acceptors (Lipinski definition) is 5. The van der Waals surface area contributed by atoms with Crippen molar-refractivity contribution in [1.29, 1.82) is 0 Å². The molecule has 0 aromatic heterocycles. The number of aliphatic hydroxyl groups is 4. The normalized spacial score (nSPS) is 14.0. The lowest BCUT2D eigenvalue weighted by Crippen LogP contribution is -2.53. The molecule has 340 valence electrons. The molecular formula is C51H101NO5. The highest BCUT2D eigenvalue weighted by molar-refractivity contribution is 5.80. The first-order valence-corrected chi connectivity index (χ1v) is 25.6. The molecule has 0 bridgehead atoms. The van der Waals surface area contributed by atoms with Gasteiger partial charge in [-0.05, 0) is 38.5 Å². The maximum absolute atomic E-state index is 12.5. The summed E-state index contributed by atoms with van der Waals surface area (Å²) in [6, 6.07) is -0.987. The van der Waals surface area contributed by atoms with E-state index in [2.05, 4.69) is 31.3 Å². The van der Waals surface area contributed by atoms with E-state index in [1.807, 2.05) is 0 Å². The Balaban J connectivity index is 3.62. The minimum atomic E-state index is -1.26. The van der Waals surface area contributed by atoms with E-state index in [0.29, 0.717) is 12.8 Å². The van der Waals surface area contributed by atoms with Gasteiger partial charge in [0, 0.05) is 0 Å². The van der Waals surface area contributed by atoms with Crippen LogP contribution in [0.1, 0.15) is 277 Å². The molecule has 0 spiro atoms. The van der Waals surface area contributed by atoms with Crippen molar-refractivity contribution in [3.8, 4) is 0 Å². The highest BCUT2D eigenvalue weighted by Crippen LogP contribution is 2.18. The third kappa shape index (κ3) is 40.2. The zero-order valence-electron chi connectivity index (χ0n) is 38.4. The molecule has 0 aliphatic heterocycles. The van der Waals surface area contributed by atoms with Crippen LogP contribution in [0.5, 0.6) is 0 Å². The average Bonchev–Trinajstić information content (AvgIpc) is 3.22. The molecule has 0 aliphatic carbocycles. The summed E-state index contributed by atoms with van der Waals surface area (Å²) in [4.78, 5) is 12.5. The zero-order chi connectivity index (χ0) is 41.7. The van der Waals surface area contributed by atoms with Crippen LogP contribution in [0.4, 0.5) is 0 Å². The predicted molar refractivity (Wildman–Crippen MR) is 247 cm³/mol. The first-order chi connectivity index (χ1) is 28.0. The second-order valence-electron chi connectivity index (χ2n) is 17.9. The third-order valence-electron chi connectivity index (χ3n) is 12.2. The van der Waals surface area contributed by atoms with Gasteiger partial charge in [0.25, 0.3) is 0 Å². The number of carbonyl (C=O) groups is 1. The molecule has 0 rings (SSSR count). The highest BCUT2D eigenvalue weighted by atomic mass is 16.3. The van der Waals surface area contributed by atoms with E-state index in [1.54, 1.807) is 0 Å². The van der Waals surface area contributed by atoms with Gasteiger partial charge < -0.3 is 25.7 Å². The van der Waals surface area contributed by atoms with E-state index in [-0.39, 0.29) is 0 Å². The van der Waals surface area contributed by atoms with Gasteiger partial charge in [0.1, 0.15) is 12.2 Å². The van der Waals surface area contributed by atoms with Crippen molar-refractivity contribution < 1.29 is 25.2 Å². The van der Waals surface area contributed by atoms with Crippen LogP contribution in [0.15, 0.2) is 12.2 Å². The Labute approximate surface area is 355 Å². The summed E-state index contributed by atoms with van der Waals surface area (Å²) in [6.07, 6.45) is 52.6. The first kappa shape index (κ1) is 56.0. The second kappa shape index (κ2) is 46.1. The van der Waals surface area contributed by atoms with Crippen LogP contribution in [-0.4, -0.2) is 57.3 Å². The van der Waals surface area contributed by atoms with Crippen LogP contribution in [0.25, 0.3) is 0 Å². The Morgan fingerprint density at radius 2 is 0.702 bits per heavy atom. The Hall–Kier alpha value is -0.950. The van der Waals surface area contributed by atoms with Crippen molar-refractivity contribution in [1.82, 2.24) is 5.32 Å². The SMILES string of the molecule is CCCCCCCCC/C=C\CCCCCCC(O)C(=O)NC(CO)C(O)C(O)CCCCCCCCCCCCCCCCCCCCCCCCCCCC. The summed E-state index contributed by atoms with van der Waals surface area (Å²) >= 11 is 0. The number of amides is 1. The van der Waals surface area contributed by atoms with Gasteiger partial charge in [0.05, 0.1) is 18.8 Å². The lowest BCUT2D eigenvalue weighted by molar-refractivity contribution is -0.132. The maximum atomic E-state index is 12.5. The molecule has 0 aromatic carbocycles. The first-order valence-electron chi connectivity index (χ1n) is 25.6. The van der Waals surface area contributed by atoms with Crippen molar-refractivity contribution >= 4 is 5.91 Å². The molecule has 0 aliphatic rings. The summed E-state index contributed by atoms with van der Waals surface area (Å²) in [7, 11) is 0. The molecule has 1 amide bonds. The van der Waals surface area contributed by atoms with Gasteiger partial charge in [-0.3, -0.25) is 4.79 Å². The molecule has 6 nitrogen and oxygen atoms in total. The van der Waals surface area contributed by atoms with Crippen molar-refractivity contribution in [2.75, 3.05) is 6.61 Å². The molecule has 0 heterocycles. The number of carbonyl (C=O) groups excluding carboxylic acids is 1. The van der Waals surface area contributed by atoms with Gasteiger partial charge >= 0.3 is 0 Å². The Morgan fingerprint density at radius 1 is 0.421 bits per heavy atom. The van der Waals surface area contributed by atoms with E-state index in [4.69, 9.17) is 0 Å². The summed E-state index contributed by atoms with van der Waals surface area (Å²) in [6.45, 7) is 4.07. The van der Waals surface area contributed by atoms with Gasteiger partial charge in [-0.1, -0.05) is 251 Å². The molecule has 0 saturated heterocycles. The van der Waals surface area contributed by atoms with Crippen LogP contribution in [-0.2, 0) is 4.79 Å². The molecular weight excluding hydrogens is 707 g/mol. The maximum Gasteiger partial charge on any atom is 0.249 e. The second-order valence-corrected chi connectivity index (χ2v) is 17.9. The number of aliphatic hydroxyl groups excluding tert-OH is 4. The van der Waals surface area contributed by atoms with Gasteiger partial charge in [-0.2, -0.15) is 0 Å². The van der Waals surface area contributed by atoms with Crippen molar-refractivity contribution in [3.05, 3.63) is 12.2 Å². The molecule has 0 radical (unpaired) electrons. The van der Waals surface area contributed by atoms with Crippen LogP contribution in [0, 0.1) is 0 Å². The largest absolute Gasteiger partial charge is 0.394 e. The summed E-state index contributed by atoms with van der Waals surface area (Å²) in [5.41, 5.74) is 0. The number of hydrogen-bond donors (Lipinski definition) is 5. The van der Waals surface area contributed by atoms with Gasteiger partial charge in [-0.15, -0.1) is 0 Å². The molecule has 0 saturated carbocycles. The smallest absolute Gasteiger partial charge is 0.249 e. The average molecular weight is 808 g/mol. The fourth-order valence-electron chi connectivity index (χ4n) is 8.17. The topological polar surface area (TPSA) is 110 Å². The predicted octanol–water partition coefficient (Wildman–Crippen LogP) is 14.1. The minimum absolute atomic E-state index is 0.357. The van der Waals surface area contributed by atoms with Crippen molar-refractivity contribution in [2.24, 2.45) is 0 Å². The zero-order valence-corrected chi connectivity index (χ0v) is 38.4. The van der Waals surface area contributed by atoms with Gasteiger partial charge in [-0.25, -0.2) is 0 Å². The summed E-state index contributed by atoms with van der Waals surface area (Å²) in [5, 5.41) is 43.8. The van der Waals surface area contributed by atoms with Crippen LogP contribution in [0.3, 0.4) is 0 Å². The fourth-order valence-corrected chi connectivity index (χ4v) is 8.17. The standard InChI is InChI=1S/C51H101NO5/c1-3-5-7-9-11-13-15-17-19-20-21-22-23-24-25-26-27-28-29-31-32-34-36-38-40-42-44-48(54)50(56)47(46-53)52-51(57)49(55)45-43-41-39-37-35-33-30-18-16-14-12-10-8-6-4-2/h30,33,47-50,53-56H,3-29,31-32,34-46H2,1-2H3,(H,52,57)/b33-30-. The van der Waals surface area contributed by atoms with Gasteiger partial charge in [0.2, 0.25) is 5.91 Å². The fraction of sp³-hybridized carbons (Fsp3) is 0.941. The molecule has 4 unspecified atom stereocenters. The third-order valence-corrected chi connectivity index (χ3v) is 12.2. The molecule has 0 aromatic rings. The van der Waals surface area contributed by atoms with E-state index < -0.39 is 36.9 Å². The van der Waals surface area contributed by atoms with Gasteiger partial charge in [0.15, 0.2) is 0 Å². The summed E-state index contributed by atoms with van der Waals surface area (Å²) < 4.78 is 0. The Bertz CT molecular complexity index is 821.